The van der Waals surface area contributed by atoms with Crippen molar-refractivity contribution in [2.75, 3.05) is 12.1 Å². The van der Waals surface area contributed by atoms with Crippen molar-refractivity contribution in [1.82, 2.24) is 15.3 Å². The van der Waals surface area contributed by atoms with Gasteiger partial charge >= 0.3 is 0 Å². The Morgan fingerprint density at radius 1 is 1.18 bits per heavy atom. The molecular formula is C20H20N4O4. The molecule has 2 heterocycles. The van der Waals surface area contributed by atoms with E-state index < -0.39 is 6.04 Å². The number of H-pyrrole nitrogens is 1. The van der Waals surface area contributed by atoms with Gasteiger partial charge in [0.2, 0.25) is 18.6 Å². The van der Waals surface area contributed by atoms with Gasteiger partial charge in [0, 0.05) is 5.56 Å². The number of hydrogen-bond donors (Lipinski definition) is 3. The van der Waals surface area contributed by atoms with Crippen molar-refractivity contribution < 1.29 is 19.1 Å². The number of aromatic amines is 1. The highest BCUT2D eigenvalue weighted by molar-refractivity contribution is 6.01. The monoisotopic (exact) mass is 380 g/mol. The van der Waals surface area contributed by atoms with E-state index in [9.17, 15) is 9.59 Å². The Hall–Kier alpha value is -3.55. The van der Waals surface area contributed by atoms with Crippen LogP contribution in [0.5, 0.6) is 11.5 Å². The maximum atomic E-state index is 12.7. The summed E-state index contributed by atoms with van der Waals surface area (Å²) in [4.78, 5) is 32.7. The minimum absolute atomic E-state index is 0.138. The number of imidazole rings is 1. The highest BCUT2D eigenvalue weighted by atomic mass is 16.7. The van der Waals surface area contributed by atoms with E-state index in [2.05, 4.69) is 20.6 Å². The van der Waals surface area contributed by atoms with Crippen LogP contribution in [-0.2, 0) is 4.79 Å². The maximum Gasteiger partial charge on any atom is 0.252 e. The van der Waals surface area contributed by atoms with Gasteiger partial charge in [-0.2, -0.15) is 0 Å². The molecule has 8 nitrogen and oxygen atoms in total. The summed E-state index contributed by atoms with van der Waals surface area (Å²) >= 11 is 0. The molecule has 0 fully saturated rings. The van der Waals surface area contributed by atoms with E-state index in [0.717, 1.165) is 17.5 Å². The number of para-hydroxylation sites is 2. The van der Waals surface area contributed by atoms with Gasteiger partial charge in [0.1, 0.15) is 6.04 Å². The third-order valence-corrected chi connectivity index (χ3v) is 4.46. The molecule has 0 saturated carbocycles. The molecule has 0 bridgehead atoms. The van der Waals surface area contributed by atoms with E-state index in [-0.39, 0.29) is 18.6 Å². The molecule has 1 atom stereocenters. The molecule has 0 radical (unpaired) electrons. The number of amides is 2. The summed E-state index contributed by atoms with van der Waals surface area (Å²) in [6.07, 6.45) is 1.24. The molecule has 144 valence electrons. The summed E-state index contributed by atoms with van der Waals surface area (Å²) < 4.78 is 10.6. The van der Waals surface area contributed by atoms with Gasteiger partial charge < -0.3 is 19.8 Å². The van der Waals surface area contributed by atoms with Crippen molar-refractivity contribution in [3.8, 4) is 11.5 Å². The third kappa shape index (κ3) is 3.62. The quantitative estimate of drug-likeness (QED) is 0.610. The summed E-state index contributed by atoms with van der Waals surface area (Å²) in [6.45, 7) is 2.09. The van der Waals surface area contributed by atoms with Crippen LogP contribution in [0.4, 0.5) is 5.95 Å². The molecule has 0 unspecified atom stereocenters. The second-order valence-electron chi connectivity index (χ2n) is 6.47. The SMILES string of the molecule is CCC[C@@H](NC(=O)c1ccc2c(c1)OCO2)C(=O)Nc1nc2ccccc2[nH]1. The number of anilines is 1. The number of hydrogen-bond acceptors (Lipinski definition) is 5. The van der Waals surface area contributed by atoms with Crippen LogP contribution in [0.2, 0.25) is 0 Å². The zero-order valence-corrected chi connectivity index (χ0v) is 15.3. The molecule has 8 heteroatoms. The first kappa shape index (κ1) is 17.8. The van der Waals surface area contributed by atoms with Crippen molar-refractivity contribution in [3.63, 3.8) is 0 Å². The molecule has 1 aliphatic heterocycles. The Bertz CT molecular complexity index is 997. The number of carbonyl (C=O) groups excluding carboxylic acids is 2. The number of rotatable bonds is 6. The van der Waals surface area contributed by atoms with Crippen LogP contribution in [0.15, 0.2) is 42.5 Å². The first-order valence-corrected chi connectivity index (χ1v) is 9.10. The predicted molar refractivity (Wildman–Crippen MR) is 103 cm³/mol. The van der Waals surface area contributed by atoms with E-state index in [1.54, 1.807) is 18.2 Å². The highest BCUT2D eigenvalue weighted by Crippen LogP contribution is 2.32. The number of carbonyl (C=O) groups is 2. The maximum absolute atomic E-state index is 12.7. The summed E-state index contributed by atoms with van der Waals surface area (Å²) in [5, 5.41) is 5.54. The largest absolute Gasteiger partial charge is 0.454 e. The number of aromatic nitrogens is 2. The van der Waals surface area contributed by atoms with Crippen LogP contribution in [0.1, 0.15) is 30.1 Å². The number of ether oxygens (including phenoxy) is 2. The van der Waals surface area contributed by atoms with Crippen LogP contribution in [0, 0.1) is 0 Å². The molecular weight excluding hydrogens is 360 g/mol. The van der Waals surface area contributed by atoms with Crippen molar-refractivity contribution >= 4 is 28.8 Å². The topological polar surface area (TPSA) is 105 Å². The molecule has 1 aliphatic rings. The first-order chi connectivity index (χ1) is 13.6. The van der Waals surface area contributed by atoms with Gasteiger partial charge in [0.25, 0.3) is 5.91 Å². The molecule has 3 aromatic rings. The lowest BCUT2D eigenvalue weighted by molar-refractivity contribution is -0.118. The van der Waals surface area contributed by atoms with Gasteiger partial charge in [0.05, 0.1) is 11.0 Å². The van der Waals surface area contributed by atoms with Crippen LogP contribution in [-0.4, -0.2) is 34.6 Å². The molecule has 3 N–H and O–H groups in total. The number of nitrogens with one attached hydrogen (secondary N) is 3. The number of fused-ring (bicyclic) bond motifs is 2. The van der Waals surface area contributed by atoms with Crippen LogP contribution in [0.25, 0.3) is 11.0 Å². The van der Waals surface area contributed by atoms with Crippen LogP contribution in [0.3, 0.4) is 0 Å². The fourth-order valence-corrected chi connectivity index (χ4v) is 3.05. The highest BCUT2D eigenvalue weighted by Gasteiger charge is 2.23. The smallest absolute Gasteiger partial charge is 0.252 e. The molecule has 28 heavy (non-hydrogen) atoms. The number of nitrogens with zero attached hydrogens (tertiary/aromatic N) is 1. The fraction of sp³-hybridized carbons (Fsp3) is 0.250. The molecule has 4 rings (SSSR count). The van der Waals surface area contributed by atoms with Gasteiger partial charge in [-0.3, -0.25) is 14.9 Å². The Morgan fingerprint density at radius 3 is 2.82 bits per heavy atom. The lowest BCUT2D eigenvalue weighted by Crippen LogP contribution is -2.43. The zero-order valence-electron chi connectivity index (χ0n) is 15.3. The fourth-order valence-electron chi connectivity index (χ4n) is 3.05. The normalized spacial score (nSPS) is 13.3. The van der Waals surface area contributed by atoms with Gasteiger partial charge in [0.15, 0.2) is 11.5 Å². The second kappa shape index (κ2) is 7.59. The first-order valence-electron chi connectivity index (χ1n) is 9.10. The van der Waals surface area contributed by atoms with Gasteiger partial charge in [-0.1, -0.05) is 25.5 Å². The molecule has 0 spiro atoms. The van der Waals surface area contributed by atoms with E-state index in [1.807, 2.05) is 31.2 Å². The average Bonchev–Trinajstić information content (AvgIpc) is 3.32. The van der Waals surface area contributed by atoms with E-state index >= 15 is 0 Å². The Kier molecular flexibility index (Phi) is 4.84. The predicted octanol–water partition coefficient (Wildman–Crippen LogP) is 2.83. The molecule has 2 amide bonds. The minimum Gasteiger partial charge on any atom is -0.454 e. The van der Waals surface area contributed by atoms with Crippen molar-refractivity contribution in [2.24, 2.45) is 0 Å². The lowest BCUT2D eigenvalue weighted by Gasteiger charge is -2.17. The molecule has 1 aromatic heterocycles. The van der Waals surface area contributed by atoms with Gasteiger partial charge in [-0.15, -0.1) is 0 Å². The standard InChI is InChI=1S/C20H20N4O4/c1-2-5-15(19(26)24-20-22-13-6-3-4-7-14(13)23-20)21-18(25)12-8-9-16-17(10-12)28-11-27-16/h3-4,6-10,15H,2,5,11H2,1H3,(H,21,25)(H2,22,23,24,26)/t15-/m1/s1. The third-order valence-electron chi connectivity index (χ3n) is 4.46. The Labute approximate surface area is 161 Å². The summed E-state index contributed by atoms with van der Waals surface area (Å²) in [5.74, 6) is 0.798. The minimum atomic E-state index is -0.684. The Balaban J connectivity index is 1.46. The Morgan fingerprint density at radius 2 is 2.00 bits per heavy atom. The van der Waals surface area contributed by atoms with Gasteiger partial charge in [-0.25, -0.2) is 4.98 Å². The second-order valence-corrected chi connectivity index (χ2v) is 6.47. The average molecular weight is 380 g/mol. The summed E-state index contributed by atoms with van der Waals surface area (Å²) in [5.41, 5.74) is 1.99. The lowest BCUT2D eigenvalue weighted by atomic mass is 10.1. The van der Waals surface area contributed by atoms with Crippen LogP contribution >= 0.6 is 0 Å². The number of benzene rings is 2. The summed E-state index contributed by atoms with van der Waals surface area (Å²) in [6, 6.07) is 11.7. The zero-order chi connectivity index (χ0) is 19.5. The van der Waals surface area contributed by atoms with E-state index in [1.165, 1.54) is 0 Å². The van der Waals surface area contributed by atoms with Crippen molar-refractivity contribution in [2.45, 2.75) is 25.8 Å². The van der Waals surface area contributed by atoms with Crippen LogP contribution < -0.4 is 20.1 Å². The summed E-state index contributed by atoms with van der Waals surface area (Å²) in [7, 11) is 0. The van der Waals surface area contributed by atoms with Crippen molar-refractivity contribution in [1.29, 1.82) is 0 Å². The molecule has 0 saturated heterocycles. The molecule has 0 aliphatic carbocycles. The van der Waals surface area contributed by atoms with E-state index in [4.69, 9.17) is 9.47 Å². The molecule has 2 aromatic carbocycles. The van der Waals surface area contributed by atoms with Gasteiger partial charge in [-0.05, 0) is 36.8 Å². The van der Waals surface area contributed by atoms with Crippen molar-refractivity contribution in [3.05, 3.63) is 48.0 Å². The van der Waals surface area contributed by atoms with E-state index in [0.29, 0.717) is 29.4 Å².